The Morgan fingerprint density at radius 3 is 2.66 bits per heavy atom. The van der Waals surface area contributed by atoms with E-state index in [0.29, 0.717) is 18.2 Å². The molecule has 0 unspecified atom stereocenters. The lowest BCUT2D eigenvalue weighted by molar-refractivity contribution is -0.122. The van der Waals surface area contributed by atoms with E-state index in [-0.39, 0.29) is 23.6 Å². The second-order valence-electron chi connectivity index (χ2n) is 7.42. The van der Waals surface area contributed by atoms with Crippen LogP contribution in [0.4, 0.5) is 10.1 Å². The van der Waals surface area contributed by atoms with Gasteiger partial charge in [-0.3, -0.25) is 14.4 Å². The van der Waals surface area contributed by atoms with Crippen LogP contribution in [0.25, 0.3) is 0 Å². The number of benzene rings is 1. The second-order valence-corrected chi connectivity index (χ2v) is 7.42. The number of carbonyl (C=O) groups excluding carboxylic acids is 2. The molecule has 0 spiro atoms. The molecule has 1 atom stereocenters. The van der Waals surface area contributed by atoms with Crippen molar-refractivity contribution >= 4 is 17.5 Å². The molecule has 1 aromatic heterocycles. The van der Waals surface area contributed by atoms with Gasteiger partial charge in [-0.1, -0.05) is 0 Å². The largest absolute Gasteiger partial charge is 0.354 e. The zero-order valence-corrected chi connectivity index (χ0v) is 16.4. The molecular formula is C21H25FN4O3. The first-order valence-corrected chi connectivity index (χ1v) is 9.63. The first kappa shape index (κ1) is 20.7. The van der Waals surface area contributed by atoms with Crippen molar-refractivity contribution in [2.24, 2.45) is 5.92 Å². The average Bonchev–Trinajstić information content (AvgIpc) is 2.70. The van der Waals surface area contributed by atoms with E-state index in [4.69, 9.17) is 0 Å². The van der Waals surface area contributed by atoms with Gasteiger partial charge in [-0.25, -0.2) is 4.39 Å². The summed E-state index contributed by atoms with van der Waals surface area (Å²) in [5.74, 6) is -0.711. The lowest BCUT2D eigenvalue weighted by Crippen LogP contribution is -2.40. The Hall–Kier alpha value is -3.00. The van der Waals surface area contributed by atoms with Crippen LogP contribution in [-0.4, -0.2) is 48.0 Å². The van der Waals surface area contributed by atoms with E-state index in [1.54, 1.807) is 0 Å². The normalized spacial score (nSPS) is 17.0. The predicted molar refractivity (Wildman–Crippen MR) is 108 cm³/mol. The molecule has 1 saturated heterocycles. The van der Waals surface area contributed by atoms with E-state index in [9.17, 15) is 18.8 Å². The Kier molecular flexibility index (Phi) is 6.77. The predicted octanol–water partition coefficient (Wildman–Crippen LogP) is 1.70. The maximum atomic E-state index is 13.0. The van der Waals surface area contributed by atoms with Crippen molar-refractivity contribution in [3.05, 3.63) is 64.3 Å². The maximum Gasteiger partial charge on any atom is 0.257 e. The number of hydrogen-bond acceptors (Lipinski definition) is 4. The molecule has 0 bridgehead atoms. The van der Waals surface area contributed by atoms with Crippen LogP contribution in [-0.2, 0) is 11.3 Å². The van der Waals surface area contributed by atoms with Crippen LogP contribution < -0.4 is 16.2 Å². The molecule has 1 fully saturated rings. The number of carbonyl (C=O) groups is 2. The quantitative estimate of drug-likeness (QED) is 0.773. The molecule has 1 aliphatic heterocycles. The highest BCUT2D eigenvalue weighted by atomic mass is 19.1. The lowest BCUT2D eigenvalue weighted by atomic mass is 9.98. The van der Waals surface area contributed by atoms with Gasteiger partial charge in [-0.2, -0.15) is 0 Å². The SMILES string of the molecule is CN1CCC[C@H](CNC(=O)Cn2cc(C(=O)Nc3ccc(F)cc3)ccc2=O)C1. The standard InChI is InChI=1S/C21H25FN4O3/c1-25-10-2-3-15(12-25)11-23-19(27)14-26-13-16(4-9-20(26)28)21(29)24-18-7-5-17(22)6-8-18/h4-9,13,15H,2-3,10-12,14H2,1H3,(H,23,27)(H,24,29)/t15-/m1/s1. The third-order valence-electron chi connectivity index (χ3n) is 4.97. The number of anilines is 1. The van der Waals surface area contributed by atoms with E-state index in [1.807, 2.05) is 0 Å². The summed E-state index contributed by atoms with van der Waals surface area (Å²) in [4.78, 5) is 39.0. The maximum absolute atomic E-state index is 13.0. The molecule has 0 radical (unpaired) electrons. The molecule has 0 aliphatic carbocycles. The van der Waals surface area contributed by atoms with Crippen LogP contribution in [0.3, 0.4) is 0 Å². The number of halogens is 1. The van der Waals surface area contributed by atoms with Gasteiger partial charge in [0.1, 0.15) is 12.4 Å². The number of piperidine rings is 1. The summed E-state index contributed by atoms with van der Waals surface area (Å²) in [6.45, 7) is 2.44. The molecule has 8 heteroatoms. The van der Waals surface area contributed by atoms with Crippen LogP contribution in [0.5, 0.6) is 0 Å². The van der Waals surface area contributed by atoms with Gasteiger partial charge < -0.3 is 20.1 Å². The molecule has 1 aromatic carbocycles. The summed E-state index contributed by atoms with van der Waals surface area (Å²) < 4.78 is 14.2. The number of nitrogens with one attached hydrogen (secondary N) is 2. The highest BCUT2D eigenvalue weighted by Gasteiger charge is 2.18. The van der Waals surface area contributed by atoms with Crippen LogP contribution in [0.15, 0.2) is 47.4 Å². The van der Waals surface area contributed by atoms with Crippen molar-refractivity contribution in [2.75, 3.05) is 32.0 Å². The van der Waals surface area contributed by atoms with Gasteiger partial charge in [0, 0.05) is 31.0 Å². The summed E-state index contributed by atoms with van der Waals surface area (Å²) >= 11 is 0. The first-order valence-electron chi connectivity index (χ1n) is 9.63. The lowest BCUT2D eigenvalue weighted by Gasteiger charge is -2.29. The molecule has 2 amide bonds. The molecule has 154 valence electrons. The molecule has 2 N–H and O–H groups in total. The summed E-state index contributed by atoms with van der Waals surface area (Å²) in [6.07, 6.45) is 3.54. The van der Waals surface area contributed by atoms with Crippen LogP contribution in [0.1, 0.15) is 23.2 Å². The van der Waals surface area contributed by atoms with E-state index in [1.165, 1.54) is 47.2 Å². The molecule has 2 heterocycles. The summed E-state index contributed by atoms with van der Waals surface area (Å²) in [6, 6.07) is 8.02. The minimum atomic E-state index is -0.448. The first-order chi connectivity index (χ1) is 13.9. The van der Waals surface area contributed by atoms with Gasteiger partial charge in [-0.15, -0.1) is 0 Å². The zero-order valence-electron chi connectivity index (χ0n) is 16.4. The smallest absolute Gasteiger partial charge is 0.257 e. The minimum Gasteiger partial charge on any atom is -0.354 e. The Morgan fingerprint density at radius 2 is 1.93 bits per heavy atom. The summed E-state index contributed by atoms with van der Waals surface area (Å²) in [5.41, 5.74) is 0.302. The molecule has 29 heavy (non-hydrogen) atoms. The second kappa shape index (κ2) is 9.47. The van der Waals surface area contributed by atoms with Gasteiger partial charge in [0.25, 0.3) is 11.5 Å². The molecule has 1 aliphatic rings. The number of amides is 2. The third kappa shape index (κ3) is 5.99. The van der Waals surface area contributed by atoms with Crippen molar-refractivity contribution in [3.63, 3.8) is 0 Å². The monoisotopic (exact) mass is 400 g/mol. The van der Waals surface area contributed by atoms with Crippen LogP contribution in [0, 0.1) is 11.7 Å². The third-order valence-corrected chi connectivity index (χ3v) is 4.97. The highest BCUT2D eigenvalue weighted by molar-refractivity contribution is 6.04. The summed E-state index contributed by atoms with van der Waals surface area (Å²) in [7, 11) is 2.07. The molecule has 7 nitrogen and oxygen atoms in total. The van der Waals surface area contributed by atoms with Crippen molar-refractivity contribution in [3.8, 4) is 0 Å². The van der Waals surface area contributed by atoms with Crippen LogP contribution in [0.2, 0.25) is 0 Å². The number of rotatable bonds is 6. The van der Waals surface area contributed by atoms with Crippen molar-refractivity contribution in [1.82, 2.24) is 14.8 Å². The van der Waals surface area contributed by atoms with Crippen molar-refractivity contribution in [2.45, 2.75) is 19.4 Å². The van der Waals surface area contributed by atoms with E-state index in [0.717, 1.165) is 25.9 Å². The zero-order chi connectivity index (χ0) is 20.8. The Bertz CT molecular complexity index is 926. The highest BCUT2D eigenvalue weighted by Crippen LogP contribution is 2.14. The van der Waals surface area contributed by atoms with E-state index >= 15 is 0 Å². The number of nitrogens with zero attached hydrogens (tertiary/aromatic N) is 2. The fourth-order valence-corrected chi connectivity index (χ4v) is 3.43. The number of aromatic nitrogens is 1. The number of pyridine rings is 1. The fourth-order valence-electron chi connectivity index (χ4n) is 3.43. The number of likely N-dealkylation sites (tertiary alicyclic amines) is 1. The number of hydrogen-bond donors (Lipinski definition) is 2. The Labute approximate surface area is 168 Å². The summed E-state index contributed by atoms with van der Waals surface area (Å²) in [5, 5.41) is 5.51. The van der Waals surface area contributed by atoms with Gasteiger partial charge in [0.15, 0.2) is 0 Å². The minimum absolute atomic E-state index is 0.154. The Balaban J connectivity index is 1.59. The van der Waals surface area contributed by atoms with Crippen molar-refractivity contribution in [1.29, 1.82) is 0 Å². The van der Waals surface area contributed by atoms with Crippen LogP contribution >= 0.6 is 0 Å². The fraction of sp³-hybridized carbons (Fsp3) is 0.381. The van der Waals surface area contributed by atoms with E-state index in [2.05, 4.69) is 22.6 Å². The molecule has 2 aromatic rings. The van der Waals surface area contributed by atoms with Gasteiger partial charge in [0.05, 0.1) is 5.56 Å². The topological polar surface area (TPSA) is 83.4 Å². The van der Waals surface area contributed by atoms with Gasteiger partial charge in [-0.05, 0) is 62.7 Å². The Morgan fingerprint density at radius 1 is 1.17 bits per heavy atom. The van der Waals surface area contributed by atoms with E-state index < -0.39 is 11.7 Å². The van der Waals surface area contributed by atoms with Crippen molar-refractivity contribution < 1.29 is 14.0 Å². The van der Waals surface area contributed by atoms with Gasteiger partial charge in [0.2, 0.25) is 5.91 Å². The molecule has 3 rings (SSSR count). The van der Waals surface area contributed by atoms with Gasteiger partial charge >= 0.3 is 0 Å². The molecule has 0 saturated carbocycles. The molecular weight excluding hydrogens is 375 g/mol. The average molecular weight is 400 g/mol.